The highest BCUT2D eigenvalue weighted by molar-refractivity contribution is 5.82. The van der Waals surface area contributed by atoms with E-state index >= 15 is 0 Å². The highest BCUT2D eigenvalue weighted by Gasteiger charge is 2.46. The average molecular weight is 236 g/mol. The fourth-order valence-electron chi connectivity index (χ4n) is 1.85. The fraction of sp³-hybridized carbons (Fsp3) is 0.900. The lowest BCUT2D eigenvalue weighted by molar-refractivity contribution is -0.190. The Bertz CT molecular complexity index is 270. The Kier molecular flexibility index (Phi) is 3.10. The van der Waals surface area contributed by atoms with Gasteiger partial charge in [0.25, 0.3) is 0 Å². The third-order valence-electron chi connectivity index (χ3n) is 3.09. The minimum absolute atomic E-state index is 0.0463. The van der Waals surface area contributed by atoms with Crippen molar-refractivity contribution in [2.75, 3.05) is 19.6 Å². The fourth-order valence-corrected chi connectivity index (χ4v) is 1.85. The van der Waals surface area contributed by atoms with Crippen molar-refractivity contribution in [1.29, 1.82) is 0 Å². The second-order valence-corrected chi connectivity index (χ2v) is 4.59. The molecular formula is C10H15F3N2O. The number of carbonyl (C=O) groups is 1. The van der Waals surface area contributed by atoms with Crippen LogP contribution in [0.5, 0.6) is 0 Å². The first-order chi connectivity index (χ1) is 7.47. The van der Waals surface area contributed by atoms with E-state index in [2.05, 4.69) is 5.32 Å². The Labute approximate surface area is 92.0 Å². The zero-order valence-electron chi connectivity index (χ0n) is 8.89. The van der Waals surface area contributed by atoms with E-state index in [0.717, 1.165) is 23.8 Å². The summed E-state index contributed by atoms with van der Waals surface area (Å²) in [7, 11) is 0. The standard InChI is InChI=1S/C10H15F3N2O/c11-10(12,13)9(16)15-5-8(6-15)14-4-3-7-1-2-7/h7-8,14H,1-6H2. The maximum absolute atomic E-state index is 12.0. The predicted octanol–water partition coefficient (Wildman–Crippen LogP) is 1.15. The number of amides is 1. The van der Waals surface area contributed by atoms with Crippen LogP contribution in [0, 0.1) is 5.92 Å². The molecule has 1 aliphatic carbocycles. The lowest BCUT2D eigenvalue weighted by atomic mass is 10.1. The summed E-state index contributed by atoms with van der Waals surface area (Å²) in [5, 5.41) is 3.17. The molecule has 0 aromatic heterocycles. The van der Waals surface area contributed by atoms with Gasteiger partial charge in [-0.3, -0.25) is 4.79 Å². The van der Waals surface area contributed by atoms with Gasteiger partial charge < -0.3 is 10.2 Å². The highest BCUT2D eigenvalue weighted by atomic mass is 19.4. The molecule has 6 heteroatoms. The van der Waals surface area contributed by atoms with Crippen LogP contribution in [-0.4, -0.2) is 42.7 Å². The number of nitrogens with zero attached hydrogens (tertiary/aromatic N) is 1. The molecule has 2 rings (SSSR count). The summed E-state index contributed by atoms with van der Waals surface area (Å²) >= 11 is 0. The van der Waals surface area contributed by atoms with Gasteiger partial charge in [0.2, 0.25) is 0 Å². The largest absolute Gasteiger partial charge is 0.471 e. The topological polar surface area (TPSA) is 32.3 Å². The quantitative estimate of drug-likeness (QED) is 0.794. The molecule has 1 N–H and O–H groups in total. The number of nitrogens with one attached hydrogen (secondary N) is 1. The van der Waals surface area contributed by atoms with Crippen LogP contribution in [0.2, 0.25) is 0 Å². The molecule has 0 unspecified atom stereocenters. The van der Waals surface area contributed by atoms with Crippen molar-refractivity contribution in [3.05, 3.63) is 0 Å². The Morgan fingerprint density at radius 3 is 2.44 bits per heavy atom. The minimum Gasteiger partial charge on any atom is -0.332 e. The molecule has 0 aromatic carbocycles. The van der Waals surface area contributed by atoms with Crippen LogP contribution in [0.4, 0.5) is 13.2 Å². The van der Waals surface area contributed by atoms with Crippen LogP contribution in [0.25, 0.3) is 0 Å². The van der Waals surface area contributed by atoms with Gasteiger partial charge in [-0.05, 0) is 18.9 Å². The van der Waals surface area contributed by atoms with Crippen LogP contribution in [0.3, 0.4) is 0 Å². The van der Waals surface area contributed by atoms with Crippen LogP contribution < -0.4 is 5.32 Å². The molecule has 1 aliphatic heterocycles. The summed E-state index contributed by atoms with van der Waals surface area (Å²) in [5.74, 6) is -0.895. The molecule has 0 aromatic rings. The van der Waals surface area contributed by atoms with Crippen LogP contribution in [0.1, 0.15) is 19.3 Å². The van der Waals surface area contributed by atoms with Gasteiger partial charge in [-0.25, -0.2) is 0 Å². The number of likely N-dealkylation sites (tertiary alicyclic amines) is 1. The molecule has 0 atom stereocenters. The molecule has 2 aliphatic rings. The number of rotatable bonds is 4. The molecule has 1 saturated carbocycles. The molecular weight excluding hydrogens is 221 g/mol. The SMILES string of the molecule is O=C(N1CC(NCCC2CC2)C1)C(F)(F)F. The maximum atomic E-state index is 12.0. The zero-order valence-corrected chi connectivity index (χ0v) is 8.89. The lowest BCUT2D eigenvalue weighted by Crippen LogP contribution is -2.62. The summed E-state index contributed by atoms with van der Waals surface area (Å²) in [6.07, 6.45) is -1.06. The molecule has 16 heavy (non-hydrogen) atoms. The van der Waals surface area contributed by atoms with E-state index < -0.39 is 12.1 Å². The minimum atomic E-state index is -4.72. The van der Waals surface area contributed by atoms with Crippen molar-refractivity contribution in [1.82, 2.24) is 10.2 Å². The molecule has 1 amide bonds. The van der Waals surface area contributed by atoms with E-state index in [1.165, 1.54) is 12.8 Å². The summed E-state index contributed by atoms with van der Waals surface area (Å²) in [6.45, 7) is 1.22. The number of alkyl halides is 3. The van der Waals surface area contributed by atoms with Crippen molar-refractivity contribution in [2.45, 2.75) is 31.5 Å². The molecule has 92 valence electrons. The number of halogens is 3. The predicted molar refractivity (Wildman–Crippen MR) is 51.8 cm³/mol. The smallest absolute Gasteiger partial charge is 0.332 e. The molecule has 0 bridgehead atoms. The maximum Gasteiger partial charge on any atom is 0.471 e. The van der Waals surface area contributed by atoms with E-state index in [9.17, 15) is 18.0 Å². The van der Waals surface area contributed by atoms with Gasteiger partial charge in [0.05, 0.1) is 0 Å². The number of hydrogen-bond donors (Lipinski definition) is 1. The van der Waals surface area contributed by atoms with Crippen molar-refractivity contribution in [3.8, 4) is 0 Å². The van der Waals surface area contributed by atoms with Gasteiger partial charge in [-0.15, -0.1) is 0 Å². The van der Waals surface area contributed by atoms with Gasteiger partial charge in [0.15, 0.2) is 0 Å². The van der Waals surface area contributed by atoms with Gasteiger partial charge in [0, 0.05) is 19.1 Å². The monoisotopic (exact) mass is 236 g/mol. The Morgan fingerprint density at radius 2 is 1.94 bits per heavy atom. The van der Waals surface area contributed by atoms with Crippen molar-refractivity contribution < 1.29 is 18.0 Å². The van der Waals surface area contributed by atoms with E-state index in [4.69, 9.17) is 0 Å². The second-order valence-electron chi connectivity index (χ2n) is 4.59. The summed E-state index contributed by atoms with van der Waals surface area (Å²) in [6, 6.07) is 0.0463. The third-order valence-corrected chi connectivity index (χ3v) is 3.09. The molecule has 1 heterocycles. The second kappa shape index (κ2) is 4.24. The van der Waals surface area contributed by atoms with Crippen LogP contribution in [0.15, 0.2) is 0 Å². The summed E-state index contributed by atoms with van der Waals surface area (Å²) in [5.41, 5.74) is 0. The van der Waals surface area contributed by atoms with Gasteiger partial charge in [-0.1, -0.05) is 12.8 Å². The summed E-state index contributed by atoms with van der Waals surface area (Å²) in [4.78, 5) is 11.6. The highest BCUT2D eigenvalue weighted by Crippen LogP contribution is 2.31. The zero-order chi connectivity index (χ0) is 11.8. The Hall–Kier alpha value is -0.780. The van der Waals surface area contributed by atoms with E-state index in [-0.39, 0.29) is 19.1 Å². The first-order valence-electron chi connectivity index (χ1n) is 5.56. The van der Waals surface area contributed by atoms with Gasteiger partial charge in [-0.2, -0.15) is 13.2 Å². The molecule has 3 nitrogen and oxygen atoms in total. The van der Waals surface area contributed by atoms with E-state index in [0.29, 0.717) is 0 Å². The van der Waals surface area contributed by atoms with Crippen molar-refractivity contribution in [3.63, 3.8) is 0 Å². The van der Waals surface area contributed by atoms with Crippen molar-refractivity contribution in [2.24, 2.45) is 5.92 Å². The van der Waals surface area contributed by atoms with Gasteiger partial charge in [0.1, 0.15) is 0 Å². The van der Waals surface area contributed by atoms with E-state index in [1.54, 1.807) is 0 Å². The van der Waals surface area contributed by atoms with Gasteiger partial charge >= 0.3 is 12.1 Å². The summed E-state index contributed by atoms with van der Waals surface area (Å²) < 4.78 is 36.0. The van der Waals surface area contributed by atoms with E-state index in [1.807, 2.05) is 0 Å². The Morgan fingerprint density at radius 1 is 1.31 bits per heavy atom. The first kappa shape index (κ1) is 11.7. The lowest BCUT2D eigenvalue weighted by Gasteiger charge is -2.39. The number of carbonyl (C=O) groups excluding carboxylic acids is 1. The molecule has 2 fully saturated rings. The molecule has 0 spiro atoms. The third kappa shape index (κ3) is 2.87. The average Bonchev–Trinajstić information content (AvgIpc) is 2.89. The number of hydrogen-bond acceptors (Lipinski definition) is 2. The van der Waals surface area contributed by atoms with Crippen molar-refractivity contribution >= 4 is 5.91 Å². The van der Waals surface area contributed by atoms with Crippen LogP contribution >= 0.6 is 0 Å². The van der Waals surface area contributed by atoms with Crippen LogP contribution in [-0.2, 0) is 4.79 Å². The Balaban J connectivity index is 1.59. The molecule has 0 radical (unpaired) electrons. The first-order valence-corrected chi connectivity index (χ1v) is 5.56. The normalized spacial score (nSPS) is 22.1. The molecule has 1 saturated heterocycles.